The number of carbonyl (C=O) groups is 4. The molecule has 162 valence electrons. The molecule has 2 N–H and O–H groups in total. The van der Waals surface area contributed by atoms with Crippen LogP contribution in [-0.2, 0) is 23.9 Å². The SMILES string of the molecule is C[C@@H](OC(=O)CCCN1C(=O)CNC1=O)C(=O)Nc1ccc(N2CCOCC2)cc1. The van der Waals surface area contributed by atoms with Crippen LogP contribution in [-0.4, -0.2) is 74.2 Å². The lowest BCUT2D eigenvalue weighted by molar-refractivity contribution is -0.153. The Bertz CT molecular complexity index is 775. The van der Waals surface area contributed by atoms with Crippen LogP contribution in [0.5, 0.6) is 0 Å². The third-order valence-electron chi connectivity index (χ3n) is 4.89. The number of nitrogens with one attached hydrogen (secondary N) is 2. The number of rotatable bonds is 8. The number of carbonyl (C=O) groups excluding carboxylic acids is 4. The third-order valence-corrected chi connectivity index (χ3v) is 4.89. The number of benzene rings is 1. The van der Waals surface area contributed by atoms with E-state index in [0.717, 1.165) is 23.7 Å². The summed E-state index contributed by atoms with van der Waals surface area (Å²) in [6.07, 6.45) is -0.689. The lowest BCUT2D eigenvalue weighted by Gasteiger charge is -2.28. The Morgan fingerprint density at radius 1 is 1.20 bits per heavy atom. The summed E-state index contributed by atoms with van der Waals surface area (Å²) in [4.78, 5) is 50.4. The van der Waals surface area contributed by atoms with Gasteiger partial charge in [0.25, 0.3) is 5.91 Å². The Morgan fingerprint density at radius 3 is 2.53 bits per heavy atom. The number of hydrogen-bond acceptors (Lipinski definition) is 7. The molecule has 2 heterocycles. The summed E-state index contributed by atoms with van der Waals surface area (Å²) in [5.74, 6) is -1.32. The highest BCUT2D eigenvalue weighted by Crippen LogP contribution is 2.19. The molecule has 2 saturated heterocycles. The molecule has 2 aliphatic rings. The molecule has 10 heteroatoms. The van der Waals surface area contributed by atoms with E-state index in [4.69, 9.17) is 9.47 Å². The number of nitrogens with zero attached hydrogens (tertiary/aromatic N) is 2. The van der Waals surface area contributed by atoms with Crippen molar-refractivity contribution >= 4 is 35.2 Å². The quantitative estimate of drug-likeness (QED) is 0.472. The van der Waals surface area contributed by atoms with Crippen molar-refractivity contribution in [1.82, 2.24) is 10.2 Å². The van der Waals surface area contributed by atoms with Crippen molar-refractivity contribution < 1.29 is 28.7 Å². The van der Waals surface area contributed by atoms with Gasteiger partial charge < -0.3 is 25.0 Å². The fourth-order valence-corrected chi connectivity index (χ4v) is 3.19. The van der Waals surface area contributed by atoms with Gasteiger partial charge in [-0.05, 0) is 37.6 Å². The number of urea groups is 1. The zero-order chi connectivity index (χ0) is 21.5. The highest BCUT2D eigenvalue weighted by atomic mass is 16.5. The predicted octanol–water partition coefficient (Wildman–Crippen LogP) is 0.725. The van der Waals surface area contributed by atoms with Crippen molar-refractivity contribution in [3.8, 4) is 0 Å². The van der Waals surface area contributed by atoms with Gasteiger partial charge in [0.1, 0.15) is 0 Å². The molecule has 0 saturated carbocycles. The number of imide groups is 1. The summed E-state index contributed by atoms with van der Waals surface area (Å²) in [6, 6.07) is 6.99. The second kappa shape index (κ2) is 10.1. The first-order chi connectivity index (χ1) is 14.4. The van der Waals surface area contributed by atoms with Crippen molar-refractivity contribution in [2.45, 2.75) is 25.9 Å². The molecular weight excluding hydrogens is 392 g/mol. The van der Waals surface area contributed by atoms with E-state index in [1.807, 2.05) is 12.1 Å². The summed E-state index contributed by atoms with van der Waals surface area (Å²) in [6.45, 7) is 4.66. The average molecular weight is 418 g/mol. The first-order valence-electron chi connectivity index (χ1n) is 9.95. The number of hydrogen-bond donors (Lipinski definition) is 2. The van der Waals surface area contributed by atoms with Gasteiger partial charge in [0.15, 0.2) is 6.10 Å². The van der Waals surface area contributed by atoms with Gasteiger partial charge in [-0.2, -0.15) is 0 Å². The molecule has 0 radical (unpaired) electrons. The molecule has 0 unspecified atom stereocenters. The molecule has 30 heavy (non-hydrogen) atoms. The van der Waals surface area contributed by atoms with E-state index in [0.29, 0.717) is 18.9 Å². The van der Waals surface area contributed by atoms with E-state index in [-0.39, 0.29) is 31.8 Å². The molecule has 3 rings (SSSR count). The van der Waals surface area contributed by atoms with Crippen LogP contribution in [0.25, 0.3) is 0 Å². The Hall–Kier alpha value is -3.14. The Morgan fingerprint density at radius 2 is 1.90 bits per heavy atom. The first kappa shape index (κ1) is 21.6. The lowest BCUT2D eigenvalue weighted by atomic mass is 10.2. The maximum Gasteiger partial charge on any atom is 0.324 e. The van der Waals surface area contributed by atoms with Crippen LogP contribution in [0.1, 0.15) is 19.8 Å². The van der Waals surface area contributed by atoms with E-state index in [1.165, 1.54) is 6.92 Å². The van der Waals surface area contributed by atoms with Gasteiger partial charge in [-0.25, -0.2) is 4.79 Å². The zero-order valence-corrected chi connectivity index (χ0v) is 16.9. The fraction of sp³-hybridized carbons (Fsp3) is 0.500. The standard InChI is InChI=1S/C20H26N4O6/c1-14(30-18(26)3-2-8-24-17(25)13-21-20(24)28)19(27)22-15-4-6-16(7-5-15)23-9-11-29-12-10-23/h4-7,14H,2-3,8-13H2,1H3,(H,21,28)(H,22,27)/t14-/m1/s1. The van der Waals surface area contributed by atoms with Crippen molar-refractivity contribution in [2.24, 2.45) is 0 Å². The maximum atomic E-state index is 12.3. The van der Waals surface area contributed by atoms with Crippen LogP contribution in [0, 0.1) is 0 Å². The lowest BCUT2D eigenvalue weighted by Crippen LogP contribution is -2.36. The minimum absolute atomic E-state index is 0.00290. The van der Waals surface area contributed by atoms with Crippen LogP contribution >= 0.6 is 0 Å². The van der Waals surface area contributed by atoms with Gasteiger partial charge >= 0.3 is 12.0 Å². The molecule has 4 amide bonds. The Balaban J connectivity index is 1.39. The second-order valence-corrected chi connectivity index (χ2v) is 7.08. The average Bonchev–Trinajstić information content (AvgIpc) is 3.07. The van der Waals surface area contributed by atoms with E-state index in [9.17, 15) is 19.2 Å². The van der Waals surface area contributed by atoms with E-state index >= 15 is 0 Å². The largest absolute Gasteiger partial charge is 0.453 e. The van der Waals surface area contributed by atoms with Crippen LogP contribution in [0.3, 0.4) is 0 Å². The van der Waals surface area contributed by atoms with Crippen LogP contribution < -0.4 is 15.5 Å². The third kappa shape index (κ3) is 5.69. The van der Waals surface area contributed by atoms with Gasteiger partial charge in [0, 0.05) is 37.4 Å². The molecule has 1 aromatic carbocycles. The fourth-order valence-electron chi connectivity index (χ4n) is 3.19. The van der Waals surface area contributed by atoms with Gasteiger partial charge in [-0.3, -0.25) is 19.3 Å². The number of amides is 4. The van der Waals surface area contributed by atoms with Crippen LogP contribution in [0.15, 0.2) is 24.3 Å². The highest BCUT2D eigenvalue weighted by Gasteiger charge is 2.28. The van der Waals surface area contributed by atoms with Crippen molar-refractivity contribution in [3.63, 3.8) is 0 Å². The molecule has 2 fully saturated rings. The Labute approximate surface area is 174 Å². The van der Waals surface area contributed by atoms with E-state index in [1.54, 1.807) is 12.1 Å². The predicted molar refractivity (Wildman–Crippen MR) is 108 cm³/mol. The smallest absolute Gasteiger partial charge is 0.324 e. The van der Waals surface area contributed by atoms with Crippen LogP contribution in [0.2, 0.25) is 0 Å². The molecule has 0 bridgehead atoms. The highest BCUT2D eigenvalue weighted by molar-refractivity contribution is 6.02. The molecule has 1 atom stereocenters. The molecule has 0 aliphatic carbocycles. The summed E-state index contributed by atoms with van der Waals surface area (Å²) in [5.41, 5.74) is 1.67. The maximum absolute atomic E-state index is 12.3. The number of morpholine rings is 1. The molecule has 0 spiro atoms. The molecule has 1 aromatic rings. The van der Waals surface area contributed by atoms with Gasteiger partial charge in [-0.15, -0.1) is 0 Å². The Kier molecular flexibility index (Phi) is 7.23. The molecule has 2 aliphatic heterocycles. The topological polar surface area (TPSA) is 117 Å². The number of esters is 1. The number of anilines is 2. The van der Waals surface area contributed by atoms with Crippen molar-refractivity contribution in [1.29, 1.82) is 0 Å². The molecule has 10 nitrogen and oxygen atoms in total. The summed E-state index contributed by atoms with van der Waals surface area (Å²) in [5, 5.41) is 5.13. The van der Waals surface area contributed by atoms with Gasteiger partial charge in [0.2, 0.25) is 5.91 Å². The molecule has 0 aromatic heterocycles. The number of ether oxygens (including phenoxy) is 2. The normalized spacial score (nSPS) is 17.5. The van der Waals surface area contributed by atoms with Gasteiger partial charge in [-0.1, -0.05) is 0 Å². The van der Waals surface area contributed by atoms with Crippen molar-refractivity contribution in [2.75, 3.05) is 49.6 Å². The van der Waals surface area contributed by atoms with Crippen LogP contribution in [0.4, 0.5) is 16.2 Å². The first-order valence-corrected chi connectivity index (χ1v) is 9.95. The van der Waals surface area contributed by atoms with Crippen molar-refractivity contribution in [3.05, 3.63) is 24.3 Å². The second-order valence-electron chi connectivity index (χ2n) is 7.08. The summed E-state index contributed by atoms with van der Waals surface area (Å²) < 4.78 is 10.5. The monoisotopic (exact) mass is 418 g/mol. The summed E-state index contributed by atoms with van der Waals surface area (Å²) >= 11 is 0. The van der Waals surface area contributed by atoms with Gasteiger partial charge in [0.05, 0.1) is 19.8 Å². The summed E-state index contributed by atoms with van der Waals surface area (Å²) in [7, 11) is 0. The minimum atomic E-state index is -0.965. The zero-order valence-electron chi connectivity index (χ0n) is 16.9. The molecular formula is C20H26N4O6. The van der Waals surface area contributed by atoms with E-state index in [2.05, 4.69) is 15.5 Å². The minimum Gasteiger partial charge on any atom is -0.453 e. The van der Waals surface area contributed by atoms with E-state index < -0.39 is 24.0 Å².